The summed E-state index contributed by atoms with van der Waals surface area (Å²) in [6.07, 6.45) is 8.45. The normalized spacial score (nSPS) is 17.7. The molecule has 1 atom stereocenters. The van der Waals surface area contributed by atoms with Crippen LogP contribution in [0, 0.1) is 5.82 Å². The van der Waals surface area contributed by atoms with E-state index >= 15 is 0 Å². The molecule has 0 aliphatic carbocycles. The van der Waals surface area contributed by atoms with E-state index in [0.717, 1.165) is 24.0 Å². The third-order valence-electron chi connectivity index (χ3n) is 5.47. The van der Waals surface area contributed by atoms with Gasteiger partial charge in [-0.15, -0.1) is 0 Å². The molecule has 0 saturated carbocycles. The Labute approximate surface area is 181 Å². The number of rotatable bonds is 6. The van der Waals surface area contributed by atoms with Gasteiger partial charge in [-0.05, 0) is 49.2 Å². The Hall–Kier alpha value is -2.15. The highest BCUT2D eigenvalue weighted by Gasteiger charge is 2.22. The third kappa shape index (κ3) is 4.77. The lowest BCUT2D eigenvalue weighted by molar-refractivity contribution is 0.366. The van der Waals surface area contributed by atoms with E-state index in [9.17, 15) is 12.8 Å². The molecule has 1 aliphatic rings. The van der Waals surface area contributed by atoms with Crippen LogP contribution in [0.4, 0.5) is 4.39 Å². The number of benzene rings is 2. The number of hydrogen-bond acceptors (Lipinski definition) is 3. The highest BCUT2D eigenvalue weighted by molar-refractivity contribution is 7.91. The molecule has 3 aromatic rings. The quantitative estimate of drug-likeness (QED) is 0.575. The Morgan fingerprint density at radius 3 is 2.70 bits per heavy atom. The zero-order valence-electron chi connectivity index (χ0n) is 16.5. The zero-order valence-corrected chi connectivity index (χ0v) is 18.1. The van der Waals surface area contributed by atoms with Crippen LogP contribution in [0.3, 0.4) is 0 Å². The molecule has 7 heteroatoms. The molecule has 30 heavy (non-hydrogen) atoms. The molecule has 2 aromatic carbocycles. The van der Waals surface area contributed by atoms with Crippen LogP contribution in [0.15, 0.2) is 59.6 Å². The van der Waals surface area contributed by atoms with Crippen molar-refractivity contribution in [2.75, 3.05) is 12.3 Å². The lowest BCUT2D eigenvalue weighted by Crippen LogP contribution is -2.37. The van der Waals surface area contributed by atoms with Gasteiger partial charge in [-0.1, -0.05) is 48.4 Å². The van der Waals surface area contributed by atoms with E-state index in [1.807, 2.05) is 10.6 Å². The molecule has 158 valence electrons. The van der Waals surface area contributed by atoms with E-state index in [1.165, 1.54) is 25.0 Å². The van der Waals surface area contributed by atoms with Crippen molar-refractivity contribution in [3.8, 4) is 0 Å². The second kappa shape index (κ2) is 8.92. The number of nitrogens with one attached hydrogen (secondary N) is 1. The van der Waals surface area contributed by atoms with Crippen LogP contribution < -0.4 is 5.32 Å². The molecule has 1 aromatic heterocycles. The molecule has 1 aliphatic heterocycles. The topological polar surface area (TPSA) is 51.1 Å². The number of halogens is 2. The Morgan fingerprint density at radius 1 is 1.17 bits per heavy atom. The molecule has 1 N–H and O–H groups in total. The van der Waals surface area contributed by atoms with Crippen molar-refractivity contribution < 1.29 is 12.8 Å². The Bertz CT molecular complexity index is 1160. The number of nitrogens with zero attached hydrogens (tertiary/aromatic N) is 1. The molecule has 4 rings (SSSR count). The second-order valence-corrected chi connectivity index (χ2v) is 10.1. The van der Waals surface area contributed by atoms with E-state index in [0.29, 0.717) is 27.9 Å². The van der Waals surface area contributed by atoms with Crippen molar-refractivity contribution in [1.82, 2.24) is 9.88 Å². The fourth-order valence-corrected chi connectivity index (χ4v) is 5.41. The maximum atomic E-state index is 13.1. The SMILES string of the molecule is O=S(=O)(CC=Cc1ccc(F)cc1)c1cn(CC2CCCCN2)c2cc(Cl)ccc12. The van der Waals surface area contributed by atoms with Gasteiger partial charge < -0.3 is 9.88 Å². The first-order valence-corrected chi connectivity index (χ1v) is 12.1. The summed E-state index contributed by atoms with van der Waals surface area (Å²) in [5, 5.41) is 4.78. The molecule has 1 unspecified atom stereocenters. The summed E-state index contributed by atoms with van der Waals surface area (Å²) in [4.78, 5) is 0.314. The van der Waals surface area contributed by atoms with Gasteiger partial charge in [0.2, 0.25) is 0 Å². The van der Waals surface area contributed by atoms with Crippen LogP contribution >= 0.6 is 11.6 Å². The van der Waals surface area contributed by atoms with Gasteiger partial charge in [0.1, 0.15) is 5.82 Å². The van der Waals surface area contributed by atoms with Crippen LogP contribution in [-0.2, 0) is 16.4 Å². The average Bonchev–Trinajstić information content (AvgIpc) is 3.09. The minimum atomic E-state index is -3.54. The Morgan fingerprint density at radius 2 is 1.97 bits per heavy atom. The van der Waals surface area contributed by atoms with E-state index in [-0.39, 0.29) is 11.6 Å². The molecule has 0 amide bonds. The smallest absolute Gasteiger partial charge is 0.184 e. The number of aromatic nitrogens is 1. The molecule has 2 heterocycles. The van der Waals surface area contributed by atoms with Gasteiger partial charge in [0.15, 0.2) is 9.84 Å². The number of fused-ring (bicyclic) bond motifs is 1. The highest BCUT2D eigenvalue weighted by atomic mass is 35.5. The number of piperidine rings is 1. The van der Waals surface area contributed by atoms with Gasteiger partial charge >= 0.3 is 0 Å². The predicted molar refractivity (Wildman–Crippen MR) is 120 cm³/mol. The lowest BCUT2D eigenvalue weighted by atomic mass is 10.1. The first-order valence-electron chi connectivity index (χ1n) is 10.1. The summed E-state index contributed by atoms with van der Waals surface area (Å²) in [5.41, 5.74) is 1.58. The van der Waals surface area contributed by atoms with Gasteiger partial charge in [0.25, 0.3) is 0 Å². The standard InChI is InChI=1S/C23H24ClFN2O2S/c24-18-8-11-21-22(14-18)27(15-20-5-1-2-12-26-20)16-23(21)30(28,29)13-3-4-17-6-9-19(25)10-7-17/h3-4,6-11,14,16,20,26H,1-2,5,12-13,15H2. The third-order valence-corrected chi connectivity index (χ3v) is 7.33. The van der Waals surface area contributed by atoms with Gasteiger partial charge in [-0.2, -0.15) is 0 Å². The van der Waals surface area contributed by atoms with Crippen molar-refractivity contribution in [3.63, 3.8) is 0 Å². The largest absolute Gasteiger partial charge is 0.345 e. The molecule has 1 saturated heterocycles. The Kier molecular flexibility index (Phi) is 6.27. The summed E-state index contributed by atoms with van der Waals surface area (Å²) < 4.78 is 41.2. The number of sulfone groups is 1. The zero-order chi connectivity index (χ0) is 21.1. The fraction of sp³-hybridized carbons (Fsp3) is 0.304. The molecular weight excluding hydrogens is 423 g/mol. The van der Waals surface area contributed by atoms with Gasteiger partial charge in [-0.3, -0.25) is 0 Å². The summed E-state index contributed by atoms with van der Waals surface area (Å²) >= 11 is 6.20. The van der Waals surface area contributed by atoms with Crippen molar-refractivity contribution in [2.45, 2.75) is 36.7 Å². The van der Waals surface area contributed by atoms with Crippen LogP contribution in [0.25, 0.3) is 17.0 Å². The fourth-order valence-electron chi connectivity index (χ4n) is 3.92. The minimum absolute atomic E-state index is 0.131. The monoisotopic (exact) mass is 446 g/mol. The summed E-state index contributed by atoms with van der Waals surface area (Å²) in [6.45, 7) is 1.70. The second-order valence-electron chi connectivity index (χ2n) is 7.69. The van der Waals surface area contributed by atoms with Gasteiger partial charge in [0, 0.05) is 29.2 Å². The van der Waals surface area contributed by atoms with E-state index in [2.05, 4.69) is 5.32 Å². The van der Waals surface area contributed by atoms with Crippen LogP contribution in [0.2, 0.25) is 5.02 Å². The number of hydrogen-bond donors (Lipinski definition) is 1. The maximum absolute atomic E-state index is 13.1. The molecule has 0 spiro atoms. The summed E-state index contributed by atoms with van der Waals surface area (Å²) in [7, 11) is -3.54. The van der Waals surface area contributed by atoms with Gasteiger partial charge in [-0.25, -0.2) is 12.8 Å². The average molecular weight is 447 g/mol. The lowest BCUT2D eigenvalue weighted by Gasteiger charge is -2.24. The first kappa shape index (κ1) is 21.1. The first-order chi connectivity index (χ1) is 14.4. The van der Waals surface area contributed by atoms with Crippen molar-refractivity contribution in [3.05, 3.63) is 71.1 Å². The minimum Gasteiger partial charge on any atom is -0.345 e. The summed E-state index contributed by atoms with van der Waals surface area (Å²) in [5.74, 6) is -0.452. The van der Waals surface area contributed by atoms with Crippen molar-refractivity contribution in [1.29, 1.82) is 0 Å². The Balaban J connectivity index is 1.62. The molecule has 0 radical (unpaired) electrons. The molecule has 0 bridgehead atoms. The predicted octanol–water partition coefficient (Wildman–Crippen LogP) is 5.06. The van der Waals surface area contributed by atoms with E-state index < -0.39 is 9.84 Å². The van der Waals surface area contributed by atoms with E-state index in [1.54, 1.807) is 42.6 Å². The van der Waals surface area contributed by atoms with Crippen LogP contribution in [0.1, 0.15) is 24.8 Å². The van der Waals surface area contributed by atoms with Crippen molar-refractivity contribution in [2.24, 2.45) is 0 Å². The highest BCUT2D eigenvalue weighted by Crippen LogP contribution is 2.29. The van der Waals surface area contributed by atoms with E-state index in [4.69, 9.17) is 11.6 Å². The molecule has 1 fully saturated rings. The van der Waals surface area contributed by atoms with Crippen LogP contribution in [-0.4, -0.2) is 31.3 Å². The van der Waals surface area contributed by atoms with Crippen molar-refractivity contribution >= 4 is 38.4 Å². The van der Waals surface area contributed by atoms with Crippen LogP contribution in [0.5, 0.6) is 0 Å². The maximum Gasteiger partial charge on any atom is 0.184 e. The molecular formula is C23H24ClFN2O2S. The summed E-state index contributed by atoms with van der Waals surface area (Å²) in [6, 6.07) is 11.6. The van der Waals surface area contributed by atoms with Gasteiger partial charge in [0.05, 0.1) is 16.2 Å². The molecule has 4 nitrogen and oxygen atoms in total.